The lowest BCUT2D eigenvalue weighted by Gasteiger charge is -2.27. The van der Waals surface area contributed by atoms with E-state index in [4.69, 9.17) is 4.74 Å². The number of alkyl halides is 7. The first-order chi connectivity index (χ1) is 19.5. The quantitative estimate of drug-likeness (QED) is 0.114. The van der Waals surface area contributed by atoms with E-state index in [1.807, 2.05) is 0 Å². The molecule has 4 rings (SSSR count). The highest BCUT2D eigenvalue weighted by Gasteiger charge is 2.72. The molecule has 1 heterocycles. The molecule has 15 heteroatoms. The molecule has 0 atom stereocenters. The Labute approximate surface area is 228 Å². The fourth-order valence-corrected chi connectivity index (χ4v) is 3.69. The lowest BCUT2D eigenvalue weighted by molar-refractivity contribution is -0.356. The predicted molar refractivity (Wildman–Crippen MR) is 124 cm³/mol. The number of rotatable bonds is 8. The van der Waals surface area contributed by atoms with Gasteiger partial charge in [-0.15, -0.1) is 0 Å². The van der Waals surface area contributed by atoms with Crippen LogP contribution in [-0.4, -0.2) is 34.6 Å². The highest BCUT2D eigenvalue weighted by molar-refractivity contribution is 5.72. The number of hydrogen-bond acceptors (Lipinski definition) is 3. The lowest BCUT2D eigenvalue weighted by atomic mass is 10.0. The summed E-state index contributed by atoms with van der Waals surface area (Å²) in [7, 11) is 0. The fraction of sp³-hybridized carbons (Fsp3) is 0.185. The minimum atomic E-state index is -6.60. The van der Waals surface area contributed by atoms with E-state index in [0.717, 1.165) is 11.6 Å². The van der Waals surface area contributed by atoms with Crippen LogP contribution in [-0.2, 0) is 0 Å². The van der Waals surface area contributed by atoms with Crippen LogP contribution in [0.2, 0.25) is 0 Å². The molecule has 0 bridgehead atoms. The molecule has 0 saturated carbocycles. The molecule has 0 unspecified atom stereocenters. The Morgan fingerprint density at radius 1 is 0.571 bits per heavy atom. The summed E-state index contributed by atoms with van der Waals surface area (Å²) in [5.41, 5.74) is -1.30. The molecular formula is C27H14F12N2O. The summed E-state index contributed by atoms with van der Waals surface area (Å²) in [5.74, 6) is -23.9. The molecule has 0 N–H and O–H groups in total. The van der Waals surface area contributed by atoms with E-state index in [2.05, 4.69) is 9.97 Å². The summed E-state index contributed by atoms with van der Waals surface area (Å²) in [6.07, 6.45) is -8.81. The van der Waals surface area contributed by atoms with E-state index in [1.54, 1.807) is 42.5 Å². The second kappa shape index (κ2) is 11.2. The molecule has 0 spiro atoms. The predicted octanol–water partition coefficient (Wildman–Crippen LogP) is 8.77. The van der Waals surface area contributed by atoms with E-state index in [9.17, 15) is 52.7 Å². The van der Waals surface area contributed by atoms with Crippen molar-refractivity contribution in [1.29, 1.82) is 0 Å². The second-order valence-corrected chi connectivity index (χ2v) is 8.68. The van der Waals surface area contributed by atoms with E-state index in [0.29, 0.717) is 5.56 Å². The van der Waals surface area contributed by atoms with Crippen LogP contribution >= 0.6 is 0 Å². The van der Waals surface area contributed by atoms with Crippen LogP contribution in [0.5, 0.6) is 6.01 Å². The molecule has 0 aliphatic heterocycles. The third-order valence-corrected chi connectivity index (χ3v) is 5.92. The maximum Gasteiger partial charge on any atom is 0.459 e. The normalized spacial score (nSPS) is 12.5. The largest absolute Gasteiger partial charge is 0.463 e. The van der Waals surface area contributed by atoms with Gasteiger partial charge in [-0.3, -0.25) is 0 Å². The number of nitrogens with zero attached hydrogens (tertiary/aromatic N) is 2. The molecule has 222 valence electrons. The van der Waals surface area contributed by atoms with Crippen molar-refractivity contribution in [3.05, 3.63) is 89.7 Å². The number of halogens is 12. The van der Waals surface area contributed by atoms with Gasteiger partial charge in [0.15, 0.2) is 23.3 Å². The molecule has 3 nitrogen and oxygen atoms in total. The Hall–Kier alpha value is -4.30. The highest BCUT2D eigenvalue weighted by atomic mass is 19.4. The Bertz CT molecular complexity index is 1560. The monoisotopic (exact) mass is 610 g/mol. The Morgan fingerprint density at radius 3 is 1.60 bits per heavy atom. The summed E-state index contributed by atoms with van der Waals surface area (Å²) in [6.45, 7) is -1.56. The van der Waals surface area contributed by atoms with Crippen LogP contribution in [0.4, 0.5) is 52.7 Å². The zero-order valence-corrected chi connectivity index (χ0v) is 20.5. The Kier molecular flexibility index (Phi) is 8.16. The van der Waals surface area contributed by atoms with Crippen LogP contribution in [0.15, 0.2) is 60.7 Å². The fourth-order valence-electron chi connectivity index (χ4n) is 3.69. The third-order valence-electron chi connectivity index (χ3n) is 5.92. The van der Waals surface area contributed by atoms with Crippen LogP contribution in [0.25, 0.3) is 33.6 Å². The molecule has 0 radical (unpaired) electrons. The van der Waals surface area contributed by atoms with Crippen LogP contribution in [0, 0.1) is 29.1 Å². The molecule has 4 aromatic rings. The summed E-state index contributed by atoms with van der Waals surface area (Å²) in [4.78, 5) is 7.22. The van der Waals surface area contributed by atoms with Gasteiger partial charge in [0.25, 0.3) is 0 Å². The van der Waals surface area contributed by atoms with E-state index in [1.165, 1.54) is 12.1 Å². The molecule has 0 saturated heterocycles. The van der Waals surface area contributed by atoms with Crippen molar-refractivity contribution in [2.45, 2.75) is 24.4 Å². The van der Waals surface area contributed by atoms with Gasteiger partial charge in [0, 0.05) is 5.56 Å². The smallest absolute Gasteiger partial charge is 0.459 e. The van der Waals surface area contributed by atoms with E-state index in [-0.39, 0.29) is 11.3 Å². The average molecular weight is 610 g/mol. The van der Waals surface area contributed by atoms with E-state index < -0.39 is 77.4 Å². The van der Waals surface area contributed by atoms with Crippen molar-refractivity contribution < 1.29 is 57.4 Å². The first-order valence-corrected chi connectivity index (χ1v) is 11.6. The number of hydrogen-bond donors (Lipinski definition) is 0. The van der Waals surface area contributed by atoms with Gasteiger partial charge in [0.2, 0.25) is 5.82 Å². The zero-order valence-electron chi connectivity index (χ0n) is 20.5. The van der Waals surface area contributed by atoms with E-state index >= 15 is 0 Å². The molecule has 0 fully saturated rings. The lowest BCUT2D eigenvalue weighted by Crippen LogP contribution is -2.52. The summed E-state index contributed by atoms with van der Waals surface area (Å²) < 4.78 is 166. The van der Waals surface area contributed by atoms with Crippen LogP contribution in [0.3, 0.4) is 0 Å². The summed E-state index contributed by atoms with van der Waals surface area (Å²) >= 11 is 0. The Morgan fingerprint density at radius 2 is 1.05 bits per heavy atom. The molecule has 3 aromatic carbocycles. The molecular weight excluding hydrogens is 596 g/mol. The Balaban J connectivity index is 1.75. The maximum absolute atomic E-state index is 14.5. The zero-order chi connectivity index (χ0) is 31.0. The molecule has 42 heavy (non-hydrogen) atoms. The topological polar surface area (TPSA) is 35.0 Å². The van der Waals surface area contributed by atoms with Gasteiger partial charge >= 0.3 is 24.0 Å². The summed E-state index contributed by atoms with van der Waals surface area (Å²) in [6, 6.07) is 14.4. The number of aromatic nitrogens is 2. The van der Waals surface area contributed by atoms with Gasteiger partial charge < -0.3 is 4.74 Å². The van der Waals surface area contributed by atoms with Crippen molar-refractivity contribution in [3.63, 3.8) is 0 Å². The van der Waals surface area contributed by atoms with Gasteiger partial charge in [-0.1, -0.05) is 54.6 Å². The SMILES string of the molecule is Fc1c(F)c(F)c(-c2cc(-c3ccc(-c4ccccc4)cc3)nc(OCCC(F)(F)C(F)(F)C(F)(F)F)n2)c(F)c1F. The van der Waals surface area contributed by atoms with Crippen molar-refractivity contribution in [3.8, 4) is 39.7 Å². The first kappa shape index (κ1) is 30.7. The van der Waals surface area contributed by atoms with Crippen molar-refractivity contribution in [1.82, 2.24) is 9.97 Å². The third kappa shape index (κ3) is 5.72. The van der Waals surface area contributed by atoms with Gasteiger partial charge in [0.1, 0.15) is 0 Å². The van der Waals surface area contributed by atoms with Gasteiger partial charge in [-0.25, -0.2) is 22.0 Å². The van der Waals surface area contributed by atoms with Gasteiger partial charge in [-0.05, 0) is 17.2 Å². The second-order valence-electron chi connectivity index (χ2n) is 8.68. The minimum Gasteiger partial charge on any atom is -0.463 e. The first-order valence-electron chi connectivity index (χ1n) is 11.6. The molecule has 0 aliphatic carbocycles. The van der Waals surface area contributed by atoms with Gasteiger partial charge in [0.05, 0.1) is 30.0 Å². The number of benzene rings is 3. The maximum atomic E-state index is 14.5. The molecule has 0 aliphatic rings. The average Bonchev–Trinajstić information content (AvgIpc) is 2.95. The highest BCUT2D eigenvalue weighted by Crippen LogP contribution is 2.48. The summed E-state index contributed by atoms with van der Waals surface area (Å²) in [5, 5.41) is 0. The van der Waals surface area contributed by atoms with Crippen molar-refractivity contribution in [2.75, 3.05) is 6.61 Å². The van der Waals surface area contributed by atoms with Crippen LogP contribution < -0.4 is 4.74 Å². The van der Waals surface area contributed by atoms with Gasteiger partial charge in [-0.2, -0.15) is 40.7 Å². The van der Waals surface area contributed by atoms with Crippen molar-refractivity contribution in [2.24, 2.45) is 0 Å². The van der Waals surface area contributed by atoms with Crippen LogP contribution in [0.1, 0.15) is 6.42 Å². The van der Waals surface area contributed by atoms with Crippen molar-refractivity contribution >= 4 is 0 Å². The minimum absolute atomic E-state index is 0.126. The standard InChI is InChI=1S/C27H14F12N2O/c28-19-18(20(29)22(31)23(32)21(19)30)17-12-16(15-8-6-14(7-9-15)13-4-2-1-3-5-13)40-24(41-17)42-11-10-25(33,34)26(35,36)27(37,38)39/h1-9,12H,10-11H2. The molecule has 0 amide bonds. The molecule has 1 aromatic heterocycles. The number of ether oxygens (including phenoxy) is 1.